The second-order valence-corrected chi connectivity index (χ2v) is 10.3. The summed E-state index contributed by atoms with van der Waals surface area (Å²) in [5.74, 6) is -2.00. The van der Waals surface area contributed by atoms with Crippen molar-refractivity contribution in [3.05, 3.63) is 95.6 Å². The van der Waals surface area contributed by atoms with E-state index in [1.165, 1.54) is 0 Å². The lowest BCUT2D eigenvalue weighted by molar-refractivity contribution is -0.139. The third-order valence-electron chi connectivity index (χ3n) is 6.84. The first kappa shape index (κ1) is 29.1. The number of amides is 4. The molecule has 10 heteroatoms. The predicted molar refractivity (Wildman–Crippen MR) is 153 cm³/mol. The van der Waals surface area contributed by atoms with Crippen LogP contribution in [0.5, 0.6) is 0 Å². The van der Waals surface area contributed by atoms with Crippen LogP contribution in [0.3, 0.4) is 0 Å². The summed E-state index contributed by atoms with van der Waals surface area (Å²) in [5.41, 5.74) is 9.54. The Morgan fingerprint density at radius 2 is 1.37 bits per heavy atom. The molecular formula is C31H34N4O6. The molecule has 5 N–H and O–H groups in total. The molecule has 1 aliphatic rings. The first-order valence-electron chi connectivity index (χ1n) is 13.5. The summed E-state index contributed by atoms with van der Waals surface area (Å²) in [6.07, 6.45) is -0.433. The maximum Gasteiger partial charge on any atom is 0.407 e. The fourth-order valence-corrected chi connectivity index (χ4v) is 4.93. The Kier molecular flexibility index (Phi) is 9.57. The van der Waals surface area contributed by atoms with Crippen LogP contribution in [0.15, 0.2) is 78.9 Å². The van der Waals surface area contributed by atoms with Gasteiger partial charge in [0.05, 0.1) is 0 Å². The van der Waals surface area contributed by atoms with Crippen molar-refractivity contribution in [3.63, 3.8) is 0 Å². The summed E-state index contributed by atoms with van der Waals surface area (Å²) < 4.78 is 5.60. The molecular weight excluding hydrogens is 524 g/mol. The standard InChI is InChI=1S/C31H34N4O6/c1-19(2)16-27(29(37)38)32-30(39)35-34-28(36)26(17-20-10-4-3-5-11-20)33-31(40)41-18-25-23-14-8-6-12-21(23)22-13-7-9-15-24(22)25/h3-15,19,25-27H,16-18H2,1-2H3,(H,33,40)(H,34,36)(H,37,38)(H2,32,35,39)/t26-,27-/m0/s1. The van der Waals surface area contributed by atoms with Gasteiger partial charge in [-0.15, -0.1) is 0 Å². The van der Waals surface area contributed by atoms with Crippen molar-refractivity contribution in [2.45, 2.75) is 44.7 Å². The second-order valence-electron chi connectivity index (χ2n) is 10.3. The van der Waals surface area contributed by atoms with Crippen molar-refractivity contribution in [1.82, 2.24) is 21.5 Å². The van der Waals surface area contributed by atoms with E-state index < -0.39 is 36.1 Å². The third kappa shape index (κ3) is 7.63. The fraction of sp³-hybridized carbons (Fsp3) is 0.290. The zero-order chi connectivity index (χ0) is 29.4. The first-order valence-corrected chi connectivity index (χ1v) is 13.5. The van der Waals surface area contributed by atoms with Gasteiger partial charge in [-0.05, 0) is 40.2 Å². The van der Waals surface area contributed by atoms with Gasteiger partial charge in [-0.1, -0.05) is 92.7 Å². The van der Waals surface area contributed by atoms with Gasteiger partial charge in [0.2, 0.25) is 0 Å². The van der Waals surface area contributed by atoms with Crippen LogP contribution in [0.4, 0.5) is 9.59 Å². The number of aliphatic carboxylic acids is 1. The molecule has 0 aromatic heterocycles. The van der Waals surface area contributed by atoms with Gasteiger partial charge in [0.1, 0.15) is 18.7 Å². The number of nitrogens with one attached hydrogen (secondary N) is 4. The van der Waals surface area contributed by atoms with Crippen LogP contribution >= 0.6 is 0 Å². The molecule has 0 spiro atoms. The Hall–Kier alpha value is -4.86. The highest BCUT2D eigenvalue weighted by molar-refractivity contribution is 5.89. The maximum absolute atomic E-state index is 13.0. The Morgan fingerprint density at radius 1 is 0.780 bits per heavy atom. The number of urea groups is 1. The van der Waals surface area contributed by atoms with Crippen molar-refractivity contribution < 1.29 is 29.0 Å². The molecule has 0 bridgehead atoms. The Bertz CT molecular complexity index is 1350. The Labute approximate surface area is 238 Å². The first-order chi connectivity index (χ1) is 19.7. The SMILES string of the molecule is CC(C)C[C@H](NC(=O)NNC(=O)[C@H](Cc1ccccc1)NC(=O)OCC1c2ccccc2-c2ccccc21)C(=O)O. The normalized spacial score (nSPS) is 13.3. The van der Waals surface area contributed by atoms with Crippen molar-refractivity contribution in [2.75, 3.05) is 6.61 Å². The lowest BCUT2D eigenvalue weighted by Gasteiger charge is -2.21. The van der Waals surface area contributed by atoms with E-state index in [2.05, 4.69) is 21.5 Å². The van der Waals surface area contributed by atoms with Gasteiger partial charge >= 0.3 is 18.1 Å². The average Bonchev–Trinajstić information content (AvgIpc) is 3.28. The zero-order valence-electron chi connectivity index (χ0n) is 22.9. The summed E-state index contributed by atoms with van der Waals surface area (Å²) in [4.78, 5) is 49.7. The lowest BCUT2D eigenvalue weighted by atomic mass is 9.98. The third-order valence-corrected chi connectivity index (χ3v) is 6.84. The van der Waals surface area contributed by atoms with E-state index in [0.717, 1.165) is 27.8 Å². The largest absolute Gasteiger partial charge is 0.480 e. The monoisotopic (exact) mass is 558 g/mol. The van der Waals surface area contributed by atoms with Crippen molar-refractivity contribution in [3.8, 4) is 11.1 Å². The Balaban J connectivity index is 1.39. The highest BCUT2D eigenvalue weighted by atomic mass is 16.5. The van der Waals surface area contributed by atoms with Gasteiger partial charge in [-0.3, -0.25) is 10.2 Å². The molecule has 214 valence electrons. The minimum Gasteiger partial charge on any atom is -0.480 e. The van der Waals surface area contributed by atoms with E-state index in [1.54, 1.807) is 0 Å². The van der Waals surface area contributed by atoms with Crippen LogP contribution in [0.2, 0.25) is 0 Å². The van der Waals surface area contributed by atoms with Gasteiger partial charge in [0.15, 0.2) is 0 Å². The van der Waals surface area contributed by atoms with Crippen LogP contribution in [0.25, 0.3) is 11.1 Å². The molecule has 0 heterocycles. The molecule has 41 heavy (non-hydrogen) atoms. The van der Waals surface area contributed by atoms with E-state index in [-0.39, 0.29) is 31.3 Å². The van der Waals surface area contributed by atoms with E-state index in [0.29, 0.717) is 0 Å². The number of carbonyl (C=O) groups is 4. The van der Waals surface area contributed by atoms with Crippen molar-refractivity contribution >= 4 is 24.0 Å². The maximum atomic E-state index is 13.0. The number of benzene rings is 3. The molecule has 0 unspecified atom stereocenters. The molecule has 1 aliphatic carbocycles. The van der Waals surface area contributed by atoms with Crippen LogP contribution in [-0.2, 0) is 20.7 Å². The molecule has 0 aliphatic heterocycles. The highest BCUT2D eigenvalue weighted by Gasteiger charge is 2.30. The number of hydrogen-bond acceptors (Lipinski definition) is 5. The van der Waals surface area contributed by atoms with Crippen LogP contribution < -0.4 is 21.5 Å². The van der Waals surface area contributed by atoms with E-state index in [1.807, 2.05) is 92.7 Å². The van der Waals surface area contributed by atoms with Gasteiger partial charge < -0.3 is 20.5 Å². The molecule has 0 saturated heterocycles. The van der Waals surface area contributed by atoms with E-state index in [4.69, 9.17) is 4.74 Å². The smallest absolute Gasteiger partial charge is 0.407 e. The van der Waals surface area contributed by atoms with Crippen molar-refractivity contribution in [1.29, 1.82) is 0 Å². The Morgan fingerprint density at radius 3 is 1.95 bits per heavy atom. The van der Waals surface area contributed by atoms with E-state index in [9.17, 15) is 24.3 Å². The van der Waals surface area contributed by atoms with Gasteiger partial charge in [-0.2, -0.15) is 0 Å². The molecule has 0 radical (unpaired) electrons. The molecule has 0 fully saturated rings. The predicted octanol–water partition coefficient (Wildman–Crippen LogP) is 3.97. The van der Waals surface area contributed by atoms with Crippen molar-refractivity contribution in [2.24, 2.45) is 5.92 Å². The van der Waals surface area contributed by atoms with Gasteiger partial charge in [0, 0.05) is 12.3 Å². The van der Waals surface area contributed by atoms with Crippen LogP contribution in [-0.4, -0.2) is 47.8 Å². The minimum atomic E-state index is -1.18. The minimum absolute atomic E-state index is 0.0302. The topological polar surface area (TPSA) is 146 Å². The number of carboxylic acid groups (broad SMARTS) is 1. The quantitative estimate of drug-likeness (QED) is 0.238. The molecule has 2 atom stereocenters. The van der Waals surface area contributed by atoms with Gasteiger partial charge in [0.25, 0.3) is 5.91 Å². The summed E-state index contributed by atoms with van der Waals surface area (Å²) >= 11 is 0. The molecule has 4 amide bonds. The number of alkyl carbamates (subject to hydrolysis) is 1. The molecule has 3 aromatic rings. The van der Waals surface area contributed by atoms with E-state index >= 15 is 0 Å². The molecule has 3 aromatic carbocycles. The summed E-state index contributed by atoms with van der Waals surface area (Å²) in [6.45, 7) is 3.74. The number of hydrogen-bond donors (Lipinski definition) is 5. The highest BCUT2D eigenvalue weighted by Crippen LogP contribution is 2.44. The number of ether oxygens (including phenoxy) is 1. The molecule has 0 saturated carbocycles. The number of hydrazine groups is 1. The molecule has 4 rings (SSSR count). The van der Waals surface area contributed by atoms with Gasteiger partial charge in [-0.25, -0.2) is 19.8 Å². The number of rotatable bonds is 10. The zero-order valence-corrected chi connectivity index (χ0v) is 22.9. The summed E-state index contributed by atoms with van der Waals surface area (Å²) in [5, 5.41) is 14.3. The average molecular weight is 559 g/mol. The summed E-state index contributed by atoms with van der Waals surface area (Å²) in [7, 11) is 0. The summed E-state index contributed by atoms with van der Waals surface area (Å²) in [6, 6.07) is 21.9. The van der Waals surface area contributed by atoms with Crippen LogP contribution in [0.1, 0.15) is 42.9 Å². The van der Waals surface area contributed by atoms with Crippen LogP contribution in [0, 0.1) is 5.92 Å². The lowest BCUT2D eigenvalue weighted by Crippen LogP contribution is -2.56. The number of carbonyl (C=O) groups excluding carboxylic acids is 3. The fourth-order valence-electron chi connectivity index (χ4n) is 4.93. The number of fused-ring (bicyclic) bond motifs is 3. The number of carboxylic acids is 1. The molecule has 10 nitrogen and oxygen atoms in total. The second kappa shape index (κ2) is 13.5.